The Hall–Kier alpha value is -0.780. The summed E-state index contributed by atoms with van der Waals surface area (Å²) >= 11 is 9.29. The first kappa shape index (κ1) is 14.3. The number of hydrogen-bond donors (Lipinski definition) is 1. The average molecular weight is 324 g/mol. The molecule has 0 radical (unpaired) electrons. The quantitative estimate of drug-likeness (QED) is 0.905. The van der Waals surface area contributed by atoms with Crippen LogP contribution < -0.4 is 4.74 Å². The van der Waals surface area contributed by atoms with Crippen molar-refractivity contribution in [1.82, 2.24) is 0 Å². The number of aliphatic carboxylic acids is 1. The highest BCUT2D eigenvalue weighted by atomic mass is 79.9. The third kappa shape index (κ3) is 3.87. The van der Waals surface area contributed by atoms with Crippen molar-refractivity contribution >= 4 is 33.5 Å². The molecule has 0 spiro atoms. The normalized spacial score (nSPS) is 12.2. The van der Waals surface area contributed by atoms with E-state index in [1.54, 1.807) is 19.1 Å². The maximum absolute atomic E-state index is 10.9. The molecule has 1 aromatic rings. The molecule has 0 aliphatic rings. The molecule has 17 heavy (non-hydrogen) atoms. The first-order valence-corrected chi connectivity index (χ1v) is 5.97. The van der Waals surface area contributed by atoms with E-state index >= 15 is 0 Å². The summed E-state index contributed by atoms with van der Waals surface area (Å²) in [5, 5.41) is 9.31. The SMILES string of the molecule is COCC(Oc1c(C)cc(Br)cc1Cl)C(=O)O. The largest absolute Gasteiger partial charge is 0.478 e. The summed E-state index contributed by atoms with van der Waals surface area (Å²) in [6.07, 6.45) is -1.07. The van der Waals surface area contributed by atoms with Crippen LogP contribution >= 0.6 is 27.5 Å². The Balaban J connectivity index is 2.97. The van der Waals surface area contributed by atoms with Gasteiger partial charge in [-0.2, -0.15) is 0 Å². The van der Waals surface area contributed by atoms with Crippen LogP contribution in [0.15, 0.2) is 16.6 Å². The van der Waals surface area contributed by atoms with Gasteiger partial charge in [0.25, 0.3) is 0 Å². The number of halogens is 2. The monoisotopic (exact) mass is 322 g/mol. The number of aryl methyl sites for hydroxylation is 1. The predicted octanol–water partition coefficient (Wildman–Crippen LogP) is 2.89. The summed E-state index contributed by atoms with van der Waals surface area (Å²) in [7, 11) is 1.41. The van der Waals surface area contributed by atoms with E-state index in [1.807, 2.05) is 0 Å². The molecule has 1 unspecified atom stereocenters. The molecular weight excluding hydrogens is 311 g/mol. The number of rotatable bonds is 5. The fraction of sp³-hybridized carbons (Fsp3) is 0.364. The van der Waals surface area contributed by atoms with Crippen LogP contribution in [0.2, 0.25) is 5.02 Å². The summed E-state index contributed by atoms with van der Waals surface area (Å²) in [5.74, 6) is -0.732. The maximum Gasteiger partial charge on any atom is 0.347 e. The van der Waals surface area contributed by atoms with Crippen molar-refractivity contribution in [2.75, 3.05) is 13.7 Å². The van der Waals surface area contributed by atoms with Gasteiger partial charge in [-0.15, -0.1) is 0 Å². The van der Waals surface area contributed by atoms with Crippen molar-refractivity contribution in [2.45, 2.75) is 13.0 Å². The minimum atomic E-state index is -1.09. The first-order chi connectivity index (χ1) is 7.95. The van der Waals surface area contributed by atoms with Crippen molar-refractivity contribution in [2.24, 2.45) is 0 Å². The maximum atomic E-state index is 10.9. The van der Waals surface area contributed by atoms with Crippen LogP contribution in [0.25, 0.3) is 0 Å². The van der Waals surface area contributed by atoms with Gasteiger partial charge < -0.3 is 14.6 Å². The third-order valence-electron chi connectivity index (χ3n) is 2.05. The Morgan fingerprint density at radius 1 is 1.59 bits per heavy atom. The van der Waals surface area contributed by atoms with Crippen molar-refractivity contribution in [3.8, 4) is 5.75 Å². The molecule has 0 bridgehead atoms. The molecule has 1 rings (SSSR count). The van der Waals surface area contributed by atoms with E-state index in [4.69, 9.17) is 26.2 Å². The van der Waals surface area contributed by atoms with Gasteiger partial charge in [0.2, 0.25) is 6.10 Å². The smallest absolute Gasteiger partial charge is 0.347 e. The Morgan fingerprint density at radius 2 is 2.24 bits per heavy atom. The lowest BCUT2D eigenvalue weighted by Crippen LogP contribution is -2.31. The zero-order chi connectivity index (χ0) is 13.0. The number of methoxy groups -OCH3 is 1. The van der Waals surface area contributed by atoms with E-state index in [-0.39, 0.29) is 6.61 Å². The molecule has 0 heterocycles. The summed E-state index contributed by atoms with van der Waals surface area (Å²) in [5.41, 5.74) is 0.756. The van der Waals surface area contributed by atoms with Crippen LogP contribution in [0.1, 0.15) is 5.56 Å². The lowest BCUT2D eigenvalue weighted by atomic mass is 10.2. The van der Waals surface area contributed by atoms with E-state index in [2.05, 4.69) is 15.9 Å². The molecule has 6 heteroatoms. The second-order valence-electron chi connectivity index (χ2n) is 3.43. The van der Waals surface area contributed by atoms with Gasteiger partial charge in [-0.25, -0.2) is 4.79 Å². The van der Waals surface area contributed by atoms with Gasteiger partial charge in [-0.1, -0.05) is 27.5 Å². The number of ether oxygens (including phenoxy) is 2. The van der Waals surface area contributed by atoms with Crippen molar-refractivity contribution in [3.63, 3.8) is 0 Å². The van der Waals surface area contributed by atoms with Gasteiger partial charge in [0.05, 0.1) is 11.6 Å². The van der Waals surface area contributed by atoms with Crippen LogP contribution in [0.5, 0.6) is 5.75 Å². The van der Waals surface area contributed by atoms with Gasteiger partial charge in [-0.3, -0.25) is 0 Å². The molecule has 4 nitrogen and oxygen atoms in total. The second-order valence-corrected chi connectivity index (χ2v) is 4.76. The Labute approximate surface area is 113 Å². The number of carboxylic acid groups (broad SMARTS) is 1. The minimum Gasteiger partial charge on any atom is -0.478 e. The fourth-order valence-electron chi connectivity index (χ4n) is 1.29. The van der Waals surface area contributed by atoms with Crippen LogP contribution in [-0.4, -0.2) is 30.9 Å². The molecule has 0 aliphatic carbocycles. The van der Waals surface area contributed by atoms with Gasteiger partial charge in [0.15, 0.2) is 0 Å². The van der Waals surface area contributed by atoms with Crippen LogP contribution in [-0.2, 0) is 9.53 Å². The molecule has 0 aliphatic heterocycles. The van der Waals surface area contributed by atoms with E-state index < -0.39 is 12.1 Å². The lowest BCUT2D eigenvalue weighted by molar-refractivity contribution is -0.147. The summed E-state index contributed by atoms with van der Waals surface area (Å²) in [4.78, 5) is 10.9. The molecule has 0 amide bonds. The van der Waals surface area contributed by atoms with Gasteiger partial charge in [-0.05, 0) is 24.6 Å². The van der Waals surface area contributed by atoms with Gasteiger partial charge in [0.1, 0.15) is 5.75 Å². The van der Waals surface area contributed by atoms with Gasteiger partial charge >= 0.3 is 5.97 Å². The third-order valence-corrected chi connectivity index (χ3v) is 2.79. The molecule has 94 valence electrons. The highest BCUT2D eigenvalue weighted by Gasteiger charge is 2.21. The van der Waals surface area contributed by atoms with E-state index in [1.165, 1.54) is 7.11 Å². The summed E-state index contributed by atoms with van der Waals surface area (Å²) in [6.45, 7) is 1.75. The van der Waals surface area contributed by atoms with Crippen molar-refractivity contribution in [3.05, 3.63) is 27.2 Å². The molecule has 0 aromatic heterocycles. The fourth-order valence-corrected chi connectivity index (χ4v) is 2.30. The van der Waals surface area contributed by atoms with Crippen LogP contribution in [0.3, 0.4) is 0 Å². The van der Waals surface area contributed by atoms with Crippen LogP contribution in [0, 0.1) is 6.92 Å². The van der Waals surface area contributed by atoms with Gasteiger partial charge in [0, 0.05) is 11.6 Å². The van der Waals surface area contributed by atoms with E-state index in [0.29, 0.717) is 10.8 Å². The predicted molar refractivity (Wildman–Crippen MR) is 67.8 cm³/mol. The van der Waals surface area contributed by atoms with Crippen molar-refractivity contribution in [1.29, 1.82) is 0 Å². The zero-order valence-corrected chi connectivity index (χ0v) is 11.7. The summed E-state index contributed by atoms with van der Waals surface area (Å²) in [6, 6.07) is 3.45. The topological polar surface area (TPSA) is 55.8 Å². The molecule has 0 saturated heterocycles. The van der Waals surface area contributed by atoms with E-state index in [0.717, 1.165) is 10.0 Å². The molecule has 1 N–H and O–H groups in total. The lowest BCUT2D eigenvalue weighted by Gasteiger charge is -2.17. The minimum absolute atomic E-state index is 0.0405. The molecule has 1 aromatic carbocycles. The number of carboxylic acids is 1. The summed E-state index contributed by atoms with van der Waals surface area (Å²) < 4.78 is 10.9. The van der Waals surface area contributed by atoms with Crippen LogP contribution in [0.4, 0.5) is 0 Å². The molecule has 0 fully saturated rings. The first-order valence-electron chi connectivity index (χ1n) is 4.79. The Bertz CT molecular complexity index is 399. The van der Waals surface area contributed by atoms with E-state index in [9.17, 15) is 4.79 Å². The highest BCUT2D eigenvalue weighted by molar-refractivity contribution is 9.10. The number of benzene rings is 1. The highest BCUT2D eigenvalue weighted by Crippen LogP contribution is 2.32. The Morgan fingerprint density at radius 3 is 2.71 bits per heavy atom. The number of carbonyl (C=O) groups is 1. The Kier molecular flexibility index (Phi) is 5.24. The van der Waals surface area contributed by atoms with Crippen molar-refractivity contribution < 1.29 is 19.4 Å². The zero-order valence-electron chi connectivity index (χ0n) is 9.37. The molecule has 1 atom stereocenters. The molecular formula is C11H12BrClO4. The molecule has 0 saturated carbocycles. The standard InChI is InChI=1S/C11H12BrClO4/c1-6-3-7(12)4-8(13)10(6)17-9(5-16-2)11(14)15/h3-4,9H,5H2,1-2H3,(H,14,15). The second kappa shape index (κ2) is 6.23. The average Bonchev–Trinajstić information content (AvgIpc) is 2.21. The number of hydrogen-bond acceptors (Lipinski definition) is 3.